The molecule has 1 fully saturated rings. The van der Waals surface area contributed by atoms with E-state index in [1.165, 1.54) is 0 Å². The van der Waals surface area contributed by atoms with Gasteiger partial charge in [0.1, 0.15) is 5.82 Å². The Morgan fingerprint density at radius 3 is 2.77 bits per heavy atom. The molecule has 30 heavy (non-hydrogen) atoms. The van der Waals surface area contributed by atoms with E-state index in [2.05, 4.69) is 16.4 Å². The lowest BCUT2D eigenvalue weighted by atomic mass is 10.1. The number of aryl methyl sites for hydroxylation is 1. The van der Waals surface area contributed by atoms with Crippen LogP contribution in [0.5, 0.6) is 0 Å². The number of nitriles is 1. The van der Waals surface area contributed by atoms with E-state index >= 15 is 0 Å². The topological polar surface area (TPSA) is 119 Å². The van der Waals surface area contributed by atoms with Crippen LogP contribution >= 0.6 is 0 Å². The third kappa shape index (κ3) is 2.71. The molecule has 1 unspecified atom stereocenters. The highest BCUT2D eigenvalue weighted by molar-refractivity contribution is 5.99. The third-order valence-corrected chi connectivity index (χ3v) is 5.62. The Morgan fingerprint density at radius 1 is 1.27 bits per heavy atom. The Hall–Kier alpha value is -4.12. The minimum atomic E-state index is -0.279. The number of hydrogen-bond acceptors (Lipinski definition) is 5. The minimum absolute atomic E-state index is 0.172. The van der Waals surface area contributed by atoms with Gasteiger partial charge in [0.2, 0.25) is 5.91 Å². The predicted molar refractivity (Wildman–Crippen MR) is 114 cm³/mol. The number of nitrogens with one attached hydrogen (secondary N) is 1. The monoisotopic (exact) mass is 398 g/mol. The number of carbonyl (C=O) groups excluding carboxylic acids is 1. The summed E-state index contributed by atoms with van der Waals surface area (Å²) in [6, 6.07) is 15.0. The van der Waals surface area contributed by atoms with Gasteiger partial charge < -0.3 is 11.1 Å². The summed E-state index contributed by atoms with van der Waals surface area (Å²) in [5.74, 6) is -0.315. The highest BCUT2D eigenvalue weighted by Crippen LogP contribution is 2.38. The van der Waals surface area contributed by atoms with Crippen molar-refractivity contribution < 1.29 is 4.79 Å². The number of rotatable bonds is 3. The normalized spacial score (nSPS) is 17.7. The third-order valence-electron chi connectivity index (χ3n) is 5.62. The number of nitrogens with two attached hydrogens (primary N) is 1. The van der Waals surface area contributed by atoms with Gasteiger partial charge in [-0.05, 0) is 42.1 Å². The van der Waals surface area contributed by atoms with Gasteiger partial charge in [0.25, 0.3) is 0 Å². The second-order valence-corrected chi connectivity index (χ2v) is 7.56. The predicted octanol–water partition coefficient (Wildman–Crippen LogP) is 2.56. The molecule has 0 saturated heterocycles. The van der Waals surface area contributed by atoms with E-state index in [9.17, 15) is 9.59 Å². The Kier molecular flexibility index (Phi) is 3.86. The first-order valence-electron chi connectivity index (χ1n) is 9.54. The fourth-order valence-electron chi connectivity index (χ4n) is 3.86. The molecule has 4 aromatic rings. The molecular weight excluding hydrogens is 380 g/mol. The summed E-state index contributed by atoms with van der Waals surface area (Å²) in [5.41, 5.74) is 8.80. The number of hydrogen-bond donors (Lipinski definition) is 2. The summed E-state index contributed by atoms with van der Waals surface area (Å²) < 4.78 is 3.21. The van der Waals surface area contributed by atoms with Crippen LogP contribution in [0.25, 0.3) is 27.5 Å². The summed E-state index contributed by atoms with van der Waals surface area (Å²) in [6.07, 6.45) is 2.18. The van der Waals surface area contributed by atoms with E-state index in [0.29, 0.717) is 23.6 Å². The van der Waals surface area contributed by atoms with Crippen molar-refractivity contribution in [2.45, 2.75) is 6.42 Å². The SMILES string of the molecule is Cn1c(=O)n(-c2cc(N)c3cnc(NC(=O)[C@@H]4CC4C#N)cc3c2)c2ccccc21. The maximum absolute atomic E-state index is 12.9. The number of benzene rings is 2. The van der Waals surface area contributed by atoms with Crippen LogP contribution in [-0.4, -0.2) is 20.0 Å². The van der Waals surface area contributed by atoms with Gasteiger partial charge in [-0.15, -0.1) is 0 Å². The summed E-state index contributed by atoms with van der Waals surface area (Å²) in [6.45, 7) is 0. The minimum Gasteiger partial charge on any atom is -0.398 e. The molecule has 8 nitrogen and oxygen atoms in total. The Labute approximate surface area is 171 Å². The fourth-order valence-corrected chi connectivity index (χ4v) is 3.86. The van der Waals surface area contributed by atoms with E-state index in [0.717, 1.165) is 21.8 Å². The van der Waals surface area contributed by atoms with Gasteiger partial charge in [-0.2, -0.15) is 5.26 Å². The molecule has 1 aliphatic carbocycles. The van der Waals surface area contributed by atoms with Crippen LogP contribution in [0.2, 0.25) is 0 Å². The van der Waals surface area contributed by atoms with Gasteiger partial charge >= 0.3 is 5.69 Å². The highest BCUT2D eigenvalue weighted by Gasteiger charge is 2.43. The molecule has 0 radical (unpaired) electrons. The molecule has 3 N–H and O–H groups in total. The Bertz CT molecular complexity index is 1440. The highest BCUT2D eigenvalue weighted by atomic mass is 16.2. The van der Waals surface area contributed by atoms with Crippen molar-refractivity contribution in [1.29, 1.82) is 5.26 Å². The molecule has 2 heterocycles. The van der Waals surface area contributed by atoms with Gasteiger partial charge in [-0.1, -0.05) is 12.1 Å². The second-order valence-electron chi connectivity index (χ2n) is 7.56. The van der Waals surface area contributed by atoms with E-state index in [-0.39, 0.29) is 23.4 Å². The van der Waals surface area contributed by atoms with Crippen LogP contribution in [0.15, 0.2) is 53.5 Å². The lowest BCUT2D eigenvalue weighted by molar-refractivity contribution is -0.117. The van der Waals surface area contributed by atoms with Crippen molar-refractivity contribution in [3.8, 4) is 11.8 Å². The summed E-state index contributed by atoms with van der Waals surface area (Å²) in [4.78, 5) is 29.4. The molecule has 1 amide bonds. The second kappa shape index (κ2) is 6.46. The van der Waals surface area contributed by atoms with E-state index in [4.69, 9.17) is 11.0 Å². The smallest absolute Gasteiger partial charge is 0.333 e. The standard InChI is InChI=1S/C22H18N6O2/c1-27-18-4-2-3-5-19(18)28(22(27)30)14-6-12-8-20(25-11-16(12)17(24)9-14)26-21(29)15-7-13(15)10-23/h2-6,8-9,11,13,15H,7,24H2,1H3,(H,25,26,29)/t13?,15-/m1/s1. The van der Waals surface area contributed by atoms with Gasteiger partial charge in [-0.3, -0.25) is 13.9 Å². The van der Waals surface area contributed by atoms with Gasteiger partial charge in [0, 0.05) is 24.3 Å². The average molecular weight is 398 g/mol. The molecule has 148 valence electrons. The quantitative estimate of drug-likeness (QED) is 0.514. The first-order valence-corrected chi connectivity index (χ1v) is 9.54. The largest absolute Gasteiger partial charge is 0.398 e. The maximum Gasteiger partial charge on any atom is 0.333 e. The van der Waals surface area contributed by atoms with Crippen molar-refractivity contribution in [1.82, 2.24) is 14.1 Å². The van der Waals surface area contributed by atoms with Crippen molar-refractivity contribution in [2.24, 2.45) is 18.9 Å². The molecule has 1 aliphatic rings. The number of para-hydroxylation sites is 2. The van der Waals surface area contributed by atoms with E-state index in [1.54, 1.807) is 34.5 Å². The van der Waals surface area contributed by atoms with Gasteiger partial charge in [0.05, 0.1) is 34.6 Å². The van der Waals surface area contributed by atoms with Crippen LogP contribution in [0.3, 0.4) is 0 Å². The van der Waals surface area contributed by atoms with Crippen LogP contribution in [0, 0.1) is 23.2 Å². The number of nitrogens with zero attached hydrogens (tertiary/aromatic N) is 4. The van der Waals surface area contributed by atoms with Crippen molar-refractivity contribution in [3.63, 3.8) is 0 Å². The van der Waals surface area contributed by atoms with Crippen molar-refractivity contribution in [3.05, 3.63) is 59.1 Å². The zero-order valence-corrected chi connectivity index (χ0v) is 16.2. The van der Waals surface area contributed by atoms with E-state index < -0.39 is 0 Å². The van der Waals surface area contributed by atoms with Gasteiger partial charge in [0.15, 0.2) is 0 Å². The molecule has 5 rings (SSSR count). The summed E-state index contributed by atoms with van der Waals surface area (Å²) in [5, 5.41) is 13.2. The Morgan fingerprint density at radius 2 is 2.03 bits per heavy atom. The molecule has 0 aliphatic heterocycles. The number of pyridine rings is 1. The van der Waals surface area contributed by atoms with Crippen LogP contribution in [-0.2, 0) is 11.8 Å². The number of imidazole rings is 1. The molecule has 1 saturated carbocycles. The lowest BCUT2D eigenvalue weighted by Crippen LogP contribution is -2.21. The number of fused-ring (bicyclic) bond motifs is 2. The first-order chi connectivity index (χ1) is 14.5. The first kappa shape index (κ1) is 17.9. The molecule has 0 bridgehead atoms. The molecule has 2 atom stereocenters. The van der Waals surface area contributed by atoms with Crippen LogP contribution in [0.4, 0.5) is 11.5 Å². The summed E-state index contributed by atoms with van der Waals surface area (Å²) in [7, 11) is 1.73. The van der Waals surface area contributed by atoms with Crippen LogP contribution < -0.4 is 16.7 Å². The zero-order valence-electron chi connectivity index (χ0n) is 16.2. The number of aromatic nitrogens is 3. The lowest BCUT2D eigenvalue weighted by Gasteiger charge is -2.10. The Balaban J connectivity index is 1.60. The van der Waals surface area contributed by atoms with E-state index in [1.807, 2.05) is 30.3 Å². The number of amides is 1. The molecule has 0 spiro atoms. The van der Waals surface area contributed by atoms with Crippen molar-refractivity contribution in [2.75, 3.05) is 11.1 Å². The van der Waals surface area contributed by atoms with Crippen LogP contribution in [0.1, 0.15) is 6.42 Å². The molecule has 8 heteroatoms. The molecule has 2 aromatic carbocycles. The zero-order chi connectivity index (χ0) is 21.0. The molecule has 2 aromatic heterocycles. The fraction of sp³-hybridized carbons (Fsp3) is 0.182. The van der Waals surface area contributed by atoms with Crippen molar-refractivity contribution >= 4 is 39.2 Å². The number of anilines is 2. The number of nitrogen functional groups attached to an aromatic ring is 1. The maximum atomic E-state index is 12.9. The number of carbonyl (C=O) groups is 1. The average Bonchev–Trinajstić information content (AvgIpc) is 3.49. The molecular formula is C22H18N6O2. The summed E-state index contributed by atoms with van der Waals surface area (Å²) >= 11 is 0. The van der Waals surface area contributed by atoms with Gasteiger partial charge in [-0.25, -0.2) is 9.78 Å².